The molecule has 2 aromatic rings. The van der Waals surface area contributed by atoms with Crippen LogP contribution in [0, 0.1) is 13.8 Å². The maximum absolute atomic E-state index is 11.8. The number of hydrogen-bond donors (Lipinski definition) is 1. The molecule has 0 aliphatic carbocycles. The highest BCUT2D eigenvalue weighted by Gasteiger charge is 2.05. The molecule has 2 aromatic carbocycles. The number of carbonyl (C=O) groups excluding carboxylic acids is 1. The topological polar surface area (TPSA) is 50.7 Å². The molecule has 0 radical (unpaired) electrons. The van der Waals surface area contributed by atoms with E-state index in [1.165, 1.54) is 5.56 Å². The molecule has 2 rings (SSSR count). The van der Waals surface area contributed by atoms with Gasteiger partial charge in [-0.15, -0.1) is 0 Å². The largest absolute Gasteiger partial charge is 0.483 e. The zero-order valence-electron chi connectivity index (χ0n) is 13.8. The van der Waals surface area contributed by atoms with Gasteiger partial charge < -0.3 is 4.74 Å². The fourth-order valence-electron chi connectivity index (χ4n) is 2.07. The average Bonchev–Trinajstić information content (AvgIpc) is 2.57. The van der Waals surface area contributed by atoms with Gasteiger partial charge in [-0.3, -0.25) is 4.79 Å². The van der Waals surface area contributed by atoms with E-state index in [0.717, 1.165) is 28.9 Å². The minimum Gasteiger partial charge on any atom is -0.483 e. The summed E-state index contributed by atoms with van der Waals surface area (Å²) < 4.78 is 5.53. The number of amides is 1. The lowest BCUT2D eigenvalue weighted by molar-refractivity contribution is -0.123. The zero-order chi connectivity index (χ0) is 16.7. The SMILES string of the molecule is CCc1ccc(/C=N/NC(=O)COc2cccc(C)c2C)cc1. The Labute approximate surface area is 137 Å². The molecule has 1 N–H and O–H groups in total. The van der Waals surface area contributed by atoms with Gasteiger partial charge in [-0.1, -0.05) is 43.3 Å². The van der Waals surface area contributed by atoms with Crippen molar-refractivity contribution in [3.63, 3.8) is 0 Å². The smallest absolute Gasteiger partial charge is 0.277 e. The van der Waals surface area contributed by atoms with Gasteiger partial charge >= 0.3 is 0 Å². The van der Waals surface area contributed by atoms with Crippen molar-refractivity contribution in [2.45, 2.75) is 27.2 Å². The van der Waals surface area contributed by atoms with Crippen LogP contribution in [0.4, 0.5) is 0 Å². The van der Waals surface area contributed by atoms with Crippen molar-refractivity contribution < 1.29 is 9.53 Å². The molecule has 0 aliphatic heterocycles. The van der Waals surface area contributed by atoms with Crippen LogP contribution in [0.2, 0.25) is 0 Å². The second-order valence-corrected chi connectivity index (χ2v) is 5.38. The molecule has 0 fully saturated rings. The van der Waals surface area contributed by atoms with E-state index in [0.29, 0.717) is 0 Å². The van der Waals surface area contributed by atoms with Gasteiger partial charge in [-0.05, 0) is 48.6 Å². The summed E-state index contributed by atoms with van der Waals surface area (Å²) >= 11 is 0. The highest BCUT2D eigenvalue weighted by atomic mass is 16.5. The molecule has 4 nitrogen and oxygen atoms in total. The van der Waals surface area contributed by atoms with E-state index in [-0.39, 0.29) is 12.5 Å². The third-order valence-corrected chi connectivity index (χ3v) is 3.70. The molecule has 120 valence electrons. The van der Waals surface area contributed by atoms with Gasteiger partial charge in [0.25, 0.3) is 5.91 Å². The third kappa shape index (κ3) is 4.95. The van der Waals surface area contributed by atoms with Crippen LogP contribution in [-0.4, -0.2) is 18.7 Å². The Morgan fingerprint density at radius 1 is 1.17 bits per heavy atom. The predicted octanol–water partition coefficient (Wildman–Crippen LogP) is 3.39. The van der Waals surface area contributed by atoms with Crippen LogP contribution < -0.4 is 10.2 Å². The fourth-order valence-corrected chi connectivity index (χ4v) is 2.07. The number of rotatable bonds is 6. The molecule has 0 heterocycles. The quantitative estimate of drug-likeness (QED) is 0.657. The molecule has 4 heteroatoms. The van der Waals surface area contributed by atoms with Crippen molar-refractivity contribution in [3.8, 4) is 5.75 Å². The standard InChI is InChI=1S/C19H22N2O2/c1-4-16-8-10-17(11-9-16)12-20-21-19(22)13-23-18-7-5-6-14(2)15(18)3/h5-12H,4,13H2,1-3H3,(H,21,22)/b20-12+. The molecule has 0 atom stereocenters. The minimum atomic E-state index is -0.285. The van der Waals surface area contributed by atoms with Crippen LogP contribution >= 0.6 is 0 Å². The average molecular weight is 310 g/mol. The van der Waals surface area contributed by atoms with E-state index in [4.69, 9.17) is 4.74 Å². The van der Waals surface area contributed by atoms with Gasteiger partial charge in [0.1, 0.15) is 5.75 Å². The van der Waals surface area contributed by atoms with E-state index >= 15 is 0 Å². The third-order valence-electron chi connectivity index (χ3n) is 3.70. The molecule has 0 aliphatic rings. The molecule has 1 amide bonds. The Morgan fingerprint density at radius 3 is 2.61 bits per heavy atom. The highest BCUT2D eigenvalue weighted by molar-refractivity contribution is 5.82. The number of hydrazone groups is 1. The molecule has 0 unspecified atom stereocenters. The van der Waals surface area contributed by atoms with Gasteiger partial charge in [-0.2, -0.15) is 5.10 Å². The van der Waals surface area contributed by atoms with Crippen LogP contribution in [-0.2, 0) is 11.2 Å². The second kappa shape index (κ2) is 8.13. The molecular formula is C19H22N2O2. The summed E-state index contributed by atoms with van der Waals surface area (Å²) in [4.78, 5) is 11.8. The number of benzene rings is 2. The van der Waals surface area contributed by atoms with E-state index in [9.17, 15) is 4.79 Å². The van der Waals surface area contributed by atoms with Crippen LogP contribution in [0.25, 0.3) is 0 Å². The molecule has 0 saturated carbocycles. The predicted molar refractivity (Wildman–Crippen MR) is 93.0 cm³/mol. The molecular weight excluding hydrogens is 288 g/mol. The van der Waals surface area contributed by atoms with Crippen molar-refractivity contribution in [1.29, 1.82) is 0 Å². The molecule has 0 spiro atoms. The lowest BCUT2D eigenvalue weighted by Crippen LogP contribution is -2.24. The van der Waals surface area contributed by atoms with Crippen molar-refractivity contribution >= 4 is 12.1 Å². The first-order valence-electron chi connectivity index (χ1n) is 7.70. The first kappa shape index (κ1) is 16.7. The maximum atomic E-state index is 11.8. The van der Waals surface area contributed by atoms with Gasteiger partial charge in [0.2, 0.25) is 0 Å². The number of carbonyl (C=O) groups is 1. The first-order chi connectivity index (χ1) is 11.1. The van der Waals surface area contributed by atoms with E-state index in [2.05, 4.69) is 17.5 Å². The van der Waals surface area contributed by atoms with Crippen LogP contribution in [0.3, 0.4) is 0 Å². The van der Waals surface area contributed by atoms with E-state index in [1.54, 1.807) is 6.21 Å². The van der Waals surface area contributed by atoms with Gasteiger partial charge in [0.15, 0.2) is 6.61 Å². The first-order valence-corrected chi connectivity index (χ1v) is 7.70. The van der Waals surface area contributed by atoms with Crippen molar-refractivity contribution in [2.75, 3.05) is 6.61 Å². The minimum absolute atomic E-state index is 0.0591. The van der Waals surface area contributed by atoms with Crippen LogP contribution in [0.1, 0.15) is 29.2 Å². The maximum Gasteiger partial charge on any atom is 0.277 e. The number of nitrogens with one attached hydrogen (secondary N) is 1. The second-order valence-electron chi connectivity index (χ2n) is 5.38. The monoisotopic (exact) mass is 310 g/mol. The fraction of sp³-hybridized carbons (Fsp3) is 0.263. The zero-order valence-corrected chi connectivity index (χ0v) is 13.8. The van der Waals surface area contributed by atoms with Gasteiger partial charge in [0.05, 0.1) is 6.21 Å². The number of aryl methyl sites for hydroxylation is 2. The molecule has 0 bridgehead atoms. The summed E-state index contributed by atoms with van der Waals surface area (Å²) in [6, 6.07) is 13.8. The van der Waals surface area contributed by atoms with E-state index in [1.807, 2.05) is 56.3 Å². The molecule has 0 aromatic heterocycles. The summed E-state index contributed by atoms with van der Waals surface area (Å²) in [5.74, 6) is 0.437. The molecule has 23 heavy (non-hydrogen) atoms. The lowest BCUT2D eigenvalue weighted by Gasteiger charge is -2.09. The summed E-state index contributed by atoms with van der Waals surface area (Å²) in [5.41, 5.74) is 6.86. The summed E-state index contributed by atoms with van der Waals surface area (Å²) in [7, 11) is 0. The Bertz CT molecular complexity index is 691. The Hall–Kier alpha value is -2.62. The summed E-state index contributed by atoms with van der Waals surface area (Å²) in [6.45, 7) is 6.03. The highest BCUT2D eigenvalue weighted by Crippen LogP contribution is 2.20. The Balaban J connectivity index is 1.82. The Morgan fingerprint density at radius 2 is 1.91 bits per heavy atom. The van der Waals surface area contributed by atoms with Gasteiger partial charge in [0, 0.05) is 0 Å². The number of ether oxygens (including phenoxy) is 1. The van der Waals surface area contributed by atoms with Crippen LogP contribution in [0.5, 0.6) is 5.75 Å². The van der Waals surface area contributed by atoms with Crippen molar-refractivity contribution in [2.24, 2.45) is 5.10 Å². The Kier molecular flexibility index (Phi) is 5.92. The lowest BCUT2D eigenvalue weighted by atomic mass is 10.1. The van der Waals surface area contributed by atoms with Crippen molar-refractivity contribution in [1.82, 2.24) is 5.43 Å². The normalized spacial score (nSPS) is 10.7. The van der Waals surface area contributed by atoms with Crippen LogP contribution in [0.15, 0.2) is 47.6 Å². The van der Waals surface area contributed by atoms with Crippen molar-refractivity contribution in [3.05, 3.63) is 64.7 Å². The summed E-state index contributed by atoms with van der Waals surface area (Å²) in [6.07, 6.45) is 2.62. The van der Waals surface area contributed by atoms with E-state index < -0.39 is 0 Å². The number of nitrogens with zero attached hydrogens (tertiary/aromatic N) is 1. The van der Waals surface area contributed by atoms with Gasteiger partial charge in [-0.25, -0.2) is 5.43 Å². The number of hydrogen-bond acceptors (Lipinski definition) is 3. The summed E-state index contributed by atoms with van der Waals surface area (Å²) in [5, 5.41) is 3.94. The molecule has 0 saturated heterocycles.